The summed E-state index contributed by atoms with van der Waals surface area (Å²) in [7, 11) is 0. The molecule has 0 aliphatic heterocycles. The van der Waals surface area contributed by atoms with E-state index in [0.29, 0.717) is 0 Å². The maximum absolute atomic E-state index is 10.8. The number of rotatable bonds is 1. The third-order valence-corrected chi connectivity index (χ3v) is 3.69. The first-order valence-electron chi connectivity index (χ1n) is 5.95. The fraction of sp³-hybridized carbons (Fsp3) is 0.571. The molecule has 1 aromatic carbocycles. The lowest BCUT2D eigenvalue weighted by Gasteiger charge is -2.33. The fourth-order valence-corrected chi connectivity index (χ4v) is 2.60. The van der Waals surface area contributed by atoms with Crippen LogP contribution in [0.1, 0.15) is 44.2 Å². The summed E-state index contributed by atoms with van der Waals surface area (Å²) in [6, 6.07) is 8.37. The van der Waals surface area contributed by atoms with E-state index in [9.17, 15) is 5.11 Å². The number of hydrogen-bond donors (Lipinski definition) is 1. The van der Waals surface area contributed by atoms with E-state index in [1.165, 1.54) is 12.0 Å². The van der Waals surface area contributed by atoms with Crippen molar-refractivity contribution in [2.24, 2.45) is 5.92 Å². The van der Waals surface area contributed by atoms with E-state index in [1.807, 2.05) is 6.07 Å². The van der Waals surface area contributed by atoms with Crippen molar-refractivity contribution in [2.45, 2.75) is 45.1 Å². The largest absolute Gasteiger partial charge is 0.385 e. The highest BCUT2D eigenvalue weighted by molar-refractivity contribution is 5.34. The van der Waals surface area contributed by atoms with Gasteiger partial charge < -0.3 is 5.11 Å². The summed E-state index contributed by atoms with van der Waals surface area (Å²) >= 11 is 0. The van der Waals surface area contributed by atoms with Gasteiger partial charge in [-0.25, -0.2) is 0 Å². The predicted octanol–water partition coefficient (Wildman–Crippen LogP) is 3.26. The molecule has 0 radical (unpaired) electrons. The van der Waals surface area contributed by atoms with Gasteiger partial charge in [0.1, 0.15) is 0 Å². The second-order valence-electron chi connectivity index (χ2n) is 4.94. The Hall–Kier alpha value is -0.820. The Morgan fingerprint density at radius 2 is 1.93 bits per heavy atom. The highest BCUT2D eigenvalue weighted by Gasteiger charge is 2.35. The molecule has 0 saturated heterocycles. The maximum atomic E-state index is 10.8. The molecule has 0 bridgehead atoms. The van der Waals surface area contributed by atoms with E-state index in [1.54, 1.807) is 0 Å². The SMILES string of the molecule is CC(C)C1(O)CCCCc2ccccc21. The van der Waals surface area contributed by atoms with Crippen LogP contribution in [0.4, 0.5) is 0 Å². The minimum atomic E-state index is -0.604. The van der Waals surface area contributed by atoms with Crippen molar-refractivity contribution in [2.75, 3.05) is 0 Å². The Labute approximate surface area is 92.1 Å². The quantitative estimate of drug-likeness (QED) is 0.696. The molecule has 0 heterocycles. The number of benzene rings is 1. The van der Waals surface area contributed by atoms with E-state index in [0.717, 1.165) is 24.8 Å². The molecule has 0 fully saturated rings. The Morgan fingerprint density at radius 3 is 2.67 bits per heavy atom. The zero-order valence-electron chi connectivity index (χ0n) is 9.66. The van der Waals surface area contributed by atoms with E-state index in [4.69, 9.17) is 0 Å². The van der Waals surface area contributed by atoms with Gasteiger partial charge in [0.05, 0.1) is 5.60 Å². The van der Waals surface area contributed by atoms with E-state index < -0.39 is 5.60 Å². The monoisotopic (exact) mass is 204 g/mol. The summed E-state index contributed by atoms with van der Waals surface area (Å²) in [5.41, 5.74) is 1.90. The van der Waals surface area contributed by atoms with Crippen molar-refractivity contribution in [3.63, 3.8) is 0 Å². The molecule has 15 heavy (non-hydrogen) atoms. The van der Waals surface area contributed by atoms with Crippen molar-refractivity contribution in [3.05, 3.63) is 35.4 Å². The van der Waals surface area contributed by atoms with Crippen LogP contribution in [-0.2, 0) is 12.0 Å². The molecule has 0 saturated carbocycles. The van der Waals surface area contributed by atoms with Gasteiger partial charge in [0.15, 0.2) is 0 Å². The molecule has 1 heteroatoms. The average molecular weight is 204 g/mol. The zero-order valence-corrected chi connectivity index (χ0v) is 9.66. The van der Waals surface area contributed by atoms with Crippen LogP contribution in [0.2, 0.25) is 0 Å². The molecule has 1 nitrogen and oxygen atoms in total. The van der Waals surface area contributed by atoms with Crippen LogP contribution in [0.5, 0.6) is 0 Å². The van der Waals surface area contributed by atoms with E-state index >= 15 is 0 Å². The van der Waals surface area contributed by atoms with Crippen molar-refractivity contribution in [1.29, 1.82) is 0 Å². The van der Waals surface area contributed by atoms with E-state index in [2.05, 4.69) is 32.0 Å². The Bertz CT molecular complexity index is 343. The summed E-state index contributed by atoms with van der Waals surface area (Å²) in [5, 5.41) is 10.8. The zero-order chi connectivity index (χ0) is 10.9. The Kier molecular flexibility index (Phi) is 2.83. The lowest BCUT2D eigenvalue weighted by atomic mass is 9.79. The summed E-state index contributed by atoms with van der Waals surface area (Å²) < 4.78 is 0. The second kappa shape index (κ2) is 3.97. The topological polar surface area (TPSA) is 20.2 Å². The Morgan fingerprint density at radius 1 is 1.20 bits per heavy atom. The van der Waals surface area contributed by atoms with Crippen LogP contribution in [0.15, 0.2) is 24.3 Å². The van der Waals surface area contributed by atoms with Gasteiger partial charge in [-0.2, -0.15) is 0 Å². The normalized spacial score (nSPS) is 26.1. The minimum Gasteiger partial charge on any atom is -0.385 e. The van der Waals surface area contributed by atoms with Gasteiger partial charge >= 0.3 is 0 Å². The van der Waals surface area contributed by atoms with Gasteiger partial charge in [0.2, 0.25) is 0 Å². The van der Waals surface area contributed by atoms with E-state index in [-0.39, 0.29) is 5.92 Å². The highest BCUT2D eigenvalue weighted by Crippen LogP contribution is 2.39. The van der Waals surface area contributed by atoms with Crippen LogP contribution in [0.3, 0.4) is 0 Å². The van der Waals surface area contributed by atoms with Crippen LogP contribution in [-0.4, -0.2) is 5.11 Å². The highest BCUT2D eigenvalue weighted by atomic mass is 16.3. The molecule has 1 N–H and O–H groups in total. The van der Waals surface area contributed by atoms with Gasteiger partial charge in [-0.1, -0.05) is 38.1 Å². The molecular formula is C14H20O. The smallest absolute Gasteiger partial charge is 0.0921 e. The second-order valence-corrected chi connectivity index (χ2v) is 4.94. The third kappa shape index (κ3) is 1.81. The summed E-state index contributed by atoms with van der Waals surface area (Å²) in [5.74, 6) is 0.289. The molecule has 2 rings (SSSR count). The summed E-state index contributed by atoms with van der Waals surface area (Å²) in [6.45, 7) is 4.23. The molecule has 0 aromatic heterocycles. The molecule has 1 aromatic rings. The first kappa shape index (κ1) is 10.7. The molecule has 0 spiro atoms. The fourth-order valence-electron chi connectivity index (χ4n) is 2.60. The lowest BCUT2D eigenvalue weighted by Crippen LogP contribution is -2.32. The summed E-state index contributed by atoms with van der Waals surface area (Å²) in [4.78, 5) is 0. The molecular weight excluding hydrogens is 184 g/mol. The van der Waals surface area contributed by atoms with Crippen molar-refractivity contribution in [1.82, 2.24) is 0 Å². The van der Waals surface area contributed by atoms with Crippen LogP contribution in [0, 0.1) is 5.92 Å². The van der Waals surface area contributed by atoms with Gasteiger partial charge in [-0.3, -0.25) is 0 Å². The van der Waals surface area contributed by atoms with Gasteiger partial charge in [0, 0.05) is 0 Å². The van der Waals surface area contributed by atoms with Gasteiger partial charge in [-0.15, -0.1) is 0 Å². The van der Waals surface area contributed by atoms with Crippen LogP contribution >= 0.6 is 0 Å². The lowest BCUT2D eigenvalue weighted by molar-refractivity contribution is -0.0188. The predicted molar refractivity (Wildman–Crippen MR) is 62.7 cm³/mol. The summed E-state index contributed by atoms with van der Waals surface area (Å²) in [6.07, 6.45) is 4.35. The van der Waals surface area contributed by atoms with Gasteiger partial charge in [0.25, 0.3) is 0 Å². The maximum Gasteiger partial charge on any atom is 0.0921 e. The third-order valence-electron chi connectivity index (χ3n) is 3.69. The number of hydrogen-bond acceptors (Lipinski definition) is 1. The van der Waals surface area contributed by atoms with Gasteiger partial charge in [-0.05, 0) is 42.7 Å². The molecule has 1 aliphatic rings. The van der Waals surface area contributed by atoms with Crippen LogP contribution in [0.25, 0.3) is 0 Å². The van der Waals surface area contributed by atoms with Crippen molar-refractivity contribution >= 4 is 0 Å². The molecule has 1 atom stereocenters. The number of fused-ring (bicyclic) bond motifs is 1. The minimum absolute atomic E-state index is 0.289. The molecule has 1 aliphatic carbocycles. The molecule has 0 amide bonds. The first-order chi connectivity index (χ1) is 7.14. The first-order valence-corrected chi connectivity index (χ1v) is 5.95. The van der Waals surface area contributed by atoms with Crippen molar-refractivity contribution < 1.29 is 5.11 Å². The van der Waals surface area contributed by atoms with Crippen LogP contribution < -0.4 is 0 Å². The molecule has 1 unspecified atom stereocenters. The average Bonchev–Trinajstić information content (AvgIpc) is 2.40. The Balaban J connectivity index is 2.50. The standard InChI is InChI=1S/C14H20O/c1-11(2)14(15)10-6-5-8-12-7-3-4-9-13(12)14/h3-4,7,9,11,15H,5-6,8,10H2,1-2H3. The molecule has 82 valence electrons. The van der Waals surface area contributed by atoms with Crippen molar-refractivity contribution in [3.8, 4) is 0 Å². The number of aliphatic hydroxyl groups is 1. The number of aryl methyl sites for hydroxylation is 1.